The monoisotopic (exact) mass is 322 g/mol. The molecule has 2 aromatic heterocycles. The van der Waals surface area contributed by atoms with Crippen LogP contribution in [0.2, 0.25) is 0 Å². The molecular formula is C14H19BrN4. The average molecular weight is 323 g/mol. The highest BCUT2D eigenvalue weighted by Crippen LogP contribution is 2.26. The minimum atomic E-state index is -0.0361. The van der Waals surface area contributed by atoms with Crippen molar-refractivity contribution in [3.63, 3.8) is 0 Å². The number of aromatic nitrogens is 3. The fourth-order valence-electron chi connectivity index (χ4n) is 2.15. The number of nitrogens with zero attached hydrogens (tertiary/aromatic N) is 3. The van der Waals surface area contributed by atoms with E-state index in [1.54, 1.807) is 12.4 Å². The van der Waals surface area contributed by atoms with Gasteiger partial charge < -0.3 is 5.73 Å². The quantitative estimate of drug-likeness (QED) is 0.920. The van der Waals surface area contributed by atoms with Gasteiger partial charge in [0.05, 0.1) is 15.9 Å². The summed E-state index contributed by atoms with van der Waals surface area (Å²) < 4.78 is 3.13. The van der Waals surface area contributed by atoms with Gasteiger partial charge in [-0.15, -0.1) is 0 Å². The van der Waals surface area contributed by atoms with Crippen molar-refractivity contribution in [2.24, 2.45) is 5.73 Å². The van der Waals surface area contributed by atoms with Gasteiger partial charge in [0.25, 0.3) is 0 Å². The molecule has 0 saturated carbocycles. The third kappa shape index (κ3) is 3.04. The van der Waals surface area contributed by atoms with Crippen molar-refractivity contribution in [2.75, 3.05) is 0 Å². The SMILES string of the molecule is CCc1nn(CC)c(CC(N)c2ccncc2)c1Br. The van der Waals surface area contributed by atoms with Crippen molar-refractivity contribution in [1.82, 2.24) is 14.8 Å². The molecule has 0 aliphatic heterocycles. The van der Waals surface area contributed by atoms with Gasteiger partial charge in [0.1, 0.15) is 0 Å². The van der Waals surface area contributed by atoms with Gasteiger partial charge >= 0.3 is 0 Å². The molecule has 0 aliphatic carbocycles. The van der Waals surface area contributed by atoms with E-state index in [0.29, 0.717) is 0 Å². The fraction of sp³-hybridized carbons (Fsp3) is 0.429. The van der Waals surface area contributed by atoms with E-state index in [0.717, 1.165) is 35.1 Å². The molecule has 0 saturated heterocycles. The molecule has 1 unspecified atom stereocenters. The molecule has 4 nitrogen and oxygen atoms in total. The predicted molar refractivity (Wildman–Crippen MR) is 79.8 cm³/mol. The van der Waals surface area contributed by atoms with Crippen LogP contribution in [0.15, 0.2) is 29.0 Å². The molecular weight excluding hydrogens is 304 g/mol. The van der Waals surface area contributed by atoms with Crippen LogP contribution < -0.4 is 5.73 Å². The highest BCUT2D eigenvalue weighted by Gasteiger charge is 2.17. The third-order valence-corrected chi connectivity index (χ3v) is 4.16. The number of halogens is 1. The van der Waals surface area contributed by atoms with Crippen molar-refractivity contribution >= 4 is 15.9 Å². The zero-order chi connectivity index (χ0) is 13.8. The summed E-state index contributed by atoms with van der Waals surface area (Å²) in [6.45, 7) is 5.07. The first kappa shape index (κ1) is 14.2. The molecule has 2 rings (SSSR count). The Hall–Kier alpha value is -1.20. The molecule has 0 bridgehead atoms. The molecule has 102 valence electrons. The Bertz CT molecular complexity index is 536. The summed E-state index contributed by atoms with van der Waals surface area (Å²) >= 11 is 3.65. The summed E-state index contributed by atoms with van der Waals surface area (Å²) in [6.07, 6.45) is 5.24. The lowest BCUT2D eigenvalue weighted by atomic mass is 10.0. The topological polar surface area (TPSA) is 56.7 Å². The lowest BCUT2D eigenvalue weighted by molar-refractivity contribution is 0.584. The van der Waals surface area contributed by atoms with Crippen molar-refractivity contribution in [1.29, 1.82) is 0 Å². The molecule has 0 amide bonds. The molecule has 0 aromatic carbocycles. The highest BCUT2D eigenvalue weighted by atomic mass is 79.9. The van der Waals surface area contributed by atoms with E-state index in [-0.39, 0.29) is 6.04 Å². The molecule has 0 radical (unpaired) electrons. The van der Waals surface area contributed by atoms with Crippen molar-refractivity contribution in [3.8, 4) is 0 Å². The van der Waals surface area contributed by atoms with E-state index in [2.05, 4.69) is 39.9 Å². The van der Waals surface area contributed by atoms with Crippen LogP contribution in [0.25, 0.3) is 0 Å². The van der Waals surface area contributed by atoms with Crippen LogP contribution in [0.1, 0.15) is 36.8 Å². The van der Waals surface area contributed by atoms with Gasteiger partial charge in [0, 0.05) is 31.4 Å². The smallest absolute Gasteiger partial charge is 0.0766 e. The molecule has 0 spiro atoms. The fourth-order valence-corrected chi connectivity index (χ4v) is 2.88. The number of nitrogens with two attached hydrogens (primary N) is 1. The minimum absolute atomic E-state index is 0.0361. The number of hydrogen-bond acceptors (Lipinski definition) is 3. The first-order valence-corrected chi connectivity index (χ1v) is 7.36. The van der Waals surface area contributed by atoms with E-state index in [9.17, 15) is 0 Å². The largest absolute Gasteiger partial charge is 0.324 e. The maximum absolute atomic E-state index is 6.28. The molecule has 2 aromatic rings. The van der Waals surface area contributed by atoms with Crippen LogP contribution in [0.3, 0.4) is 0 Å². The highest BCUT2D eigenvalue weighted by molar-refractivity contribution is 9.10. The summed E-state index contributed by atoms with van der Waals surface area (Å²) in [5.74, 6) is 0. The maximum atomic E-state index is 6.28. The minimum Gasteiger partial charge on any atom is -0.324 e. The second-order valence-corrected chi connectivity index (χ2v) is 5.26. The summed E-state index contributed by atoms with van der Waals surface area (Å²) in [5.41, 5.74) is 9.65. The van der Waals surface area contributed by atoms with Gasteiger partial charge in [0.15, 0.2) is 0 Å². The molecule has 0 fully saturated rings. The predicted octanol–water partition coefficient (Wildman–Crippen LogP) is 2.87. The standard InChI is InChI=1S/C14H19BrN4/c1-3-12-14(15)13(19(4-2)18-12)9-11(16)10-5-7-17-8-6-10/h5-8,11H,3-4,9,16H2,1-2H3. The number of pyridine rings is 1. The Kier molecular flexibility index (Phi) is 4.71. The van der Waals surface area contributed by atoms with E-state index < -0.39 is 0 Å². The number of aryl methyl sites for hydroxylation is 2. The molecule has 1 atom stereocenters. The van der Waals surface area contributed by atoms with E-state index in [1.165, 1.54) is 5.69 Å². The van der Waals surface area contributed by atoms with Crippen LogP contribution in [0, 0.1) is 0 Å². The summed E-state index contributed by atoms with van der Waals surface area (Å²) in [4.78, 5) is 4.02. The van der Waals surface area contributed by atoms with Crippen LogP contribution >= 0.6 is 15.9 Å². The third-order valence-electron chi connectivity index (χ3n) is 3.24. The summed E-state index contributed by atoms with van der Waals surface area (Å²) in [7, 11) is 0. The summed E-state index contributed by atoms with van der Waals surface area (Å²) in [6, 6.07) is 3.89. The summed E-state index contributed by atoms with van der Waals surface area (Å²) in [5, 5.41) is 4.60. The second-order valence-electron chi connectivity index (χ2n) is 4.47. The molecule has 2 heterocycles. The molecule has 19 heavy (non-hydrogen) atoms. The maximum Gasteiger partial charge on any atom is 0.0766 e. The Morgan fingerprint density at radius 2 is 2.00 bits per heavy atom. The van der Waals surface area contributed by atoms with Gasteiger partial charge in [-0.2, -0.15) is 5.10 Å². The van der Waals surface area contributed by atoms with E-state index >= 15 is 0 Å². The lowest BCUT2D eigenvalue weighted by Gasteiger charge is -2.13. The number of hydrogen-bond donors (Lipinski definition) is 1. The van der Waals surface area contributed by atoms with E-state index in [1.807, 2.05) is 16.8 Å². The molecule has 5 heteroatoms. The molecule has 0 aliphatic rings. The number of rotatable bonds is 5. The van der Waals surface area contributed by atoms with Crippen molar-refractivity contribution in [3.05, 3.63) is 46.0 Å². The normalized spacial score (nSPS) is 12.6. The molecule has 2 N–H and O–H groups in total. The first-order valence-electron chi connectivity index (χ1n) is 6.56. The Morgan fingerprint density at radius 3 is 2.58 bits per heavy atom. The van der Waals surface area contributed by atoms with Crippen LogP contribution in [0.4, 0.5) is 0 Å². The van der Waals surface area contributed by atoms with Crippen LogP contribution in [-0.4, -0.2) is 14.8 Å². The van der Waals surface area contributed by atoms with Crippen LogP contribution in [-0.2, 0) is 19.4 Å². The Morgan fingerprint density at radius 1 is 1.32 bits per heavy atom. The zero-order valence-corrected chi connectivity index (χ0v) is 12.9. The first-order chi connectivity index (χ1) is 9.17. The van der Waals surface area contributed by atoms with Crippen molar-refractivity contribution < 1.29 is 0 Å². The Labute approximate surface area is 122 Å². The van der Waals surface area contributed by atoms with Gasteiger partial charge in [-0.1, -0.05) is 6.92 Å². The Balaban J connectivity index is 2.26. The van der Waals surface area contributed by atoms with Crippen molar-refractivity contribution in [2.45, 2.75) is 39.3 Å². The van der Waals surface area contributed by atoms with Gasteiger partial charge in [-0.05, 0) is 47.0 Å². The van der Waals surface area contributed by atoms with Gasteiger partial charge in [0.2, 0.25) is 0 Å². The van der Waals surface area contributed by atoms with Crippen LogP contribution in [0.5, 0.6) is 0 Å². The van der Waals surface area contributed by atoms with Gasteiger partial charge in [-0.25, -0.2) is 0 Å². The van der Waals surface area contributed by atoms with E-state index in [4.69, 9.17) is 5.73 Å². The average Bonchev–Trinajstić information content (AvgIpc) is 2.76. The second kappa shape index (κ2) is 6.30. The lowest BCUT2D eigenvalue weighted by Crippen LogP contribution is -2.16. The zero-order valence-electron chi connectivity index (χ0n) is 11.3. The van der Waals surface area contributed by atoms with Gasteiger partial charge in [-0.3, -0.25) is 9.67 Å².